The number of aliphatic hydroxyl groups is 1. The van der Waals surface area contributed by atoms with Crippen LogP contribution in [0.4, 0.5) is 0 Å². The van der Waals surface area contributed by atoms with E-state index >= 15 is 0 Å². The monoisotopic (exact) mass is 171 g/mol. The van der Waals surface area contributed by atoms with Gasteiger partial charge in [0.25, 0.3) is 0 Å². The third-order valence-electron chi connectivity index (χ3n) is 3.26. The minimum atomic E-state index is -0.190. The van der Waals surface area contributed by atoms with E-state index < -0.39 is 0 Å². The number of hydrogen-bond donors (Lipinski definition) is 1. The summed E-state index contributed by atoms with van der Waals surface area (Å²) in [5.41, 5.74) is 0. The van der Waals surface area contributed by atoms with Gasteiger partial charge in [-0.25, -0.2) is 0 Å². The molecular weight excluding hydrogens is 150 g/mol. The third-order valence-corrected chi connectivity index (χ3v) is 3.26. The Balaban J connectivity index is 2.47. The lowest BCUT2D eigenvalue weighted by Gasteiger charge is -2.24. The molecule has 1 N–H and O–H groups in total. The zero-order valence-electron chi connectivity index (χ0n) is 8.62. The molecule has 1 aliphatic heterocycles. The lowest BCUT2D eigenvalue weighted by atomic mass is 9.95. The summed E-state index contributed by atoms with van der Waals surface area (Å²) in [5, 5.41) is 9.26. The van der Waals surface area contributed by atoms with Crippen LogP contribution in [0.3, 0.4) is 0 Å². The van der Waals surface area contributed by atoms with Gasteiger partial charge in [0, 0.05) is 19.1 Å². The van der Waals surface area contributed by atoms with Crippen LogP contribution in [-0.2, 0) is 0 Å². The van der Waals surface area contributed by atoms with Gasteiger partial charge < -0.3 is 5.11 Å². The van der Waals surface area contributed by atoms with Crippen molar-refractivity contribution >= 4 is 0 Å². The molecule has 1 aliphatic rings. The van der Waals surface area contributed by atoms with Gasteiger partial charge >= 0.3 is 0 Å². The second-order valence-corrected chi connectivity index (χ2v) is 4.38. The van der Waals surface area contributed by atoms with Gasteiger partial charge in [0.2, 0.25) is 0 Å². The van der Waals surface area contributed by atoms with E-state index in [1.165, 1.54) is 0 Å². The maximum Gasteiger partial charge on any atom is 0.0639 e. The van der Waals surface area contributed by atoms with E-state index in [-0.39, 0.29) is 6.10 Å². The van der Waals surface area contributed by atoms with Crippen LogP contribution in [0.1, 0.15) is 27.7 Å². The Morgan fingerprint density at radius 1 is 1.42 bits per heavy atom. The maximum absolute atomic E-state index is 9.26. The molecule has 0 aromatic carbocycles. The molecule has 0 radical (unpaired) electrons. The first-order valence-electron chi connectivity index (χ1n) is 4.94. The molecule has 0 amide bonds. The number of β-amino-alcohol motifs (C(OH)–C–C–N with tert-alkyl or cyclic N) is 1. The zero-order valence-corrected chi connectivity index (χ0v) is 8.62. The molecule has 4 atom stereocenters. The van der Waals surface area contributed by atoms with E-state index in [1.807, 2.05) is 6.92 Å². The minimum absolute atomic E-state index is 0.190. The average Bonchev–Trinajstić information content (AvgIpc) is 2.17. The summed E-state index contributed by atoms with van der Waals surface area (Å²) in [5.74, 6) is 1.54. The van der Waals surface area contributed by atoms with Crippen LogP contribution in [0.15, 0.2) is 0 Å². The molecule has 72 valence electrons. The maximum atomic E-state index is 9.26. The summed E-state index contributed by atoms with van der Waals surface area (Å²) >= 11 is 0. The Hall–Kier alpha value is -0.0800. The fourth-order valence-electron chi connectivity index (χ4n) is 2.09. The Morgan fingerprint density at radius 2 is 2.00 bits per heavy atom. The number of rotatable bonds is 2. The smallest absolute Gasteiger partial charge is 0.0639 e. The van der Waals surface area contributed by atoms with Gasteiger partial charge in [-0.05, 0) is 25.7 Å². The highest BCUT2D eigenvalue weighted by Gasteiger charge is 2.33. The molecule has 1 heterocycles. The molecule has 0 aliphatic carbocycles. The van der Waals surface area contributed by atoms with E-state index in [9.17, 15) is 5.11 Å². The summed E-state index contributed by atoms with van der Waals surface area (Å²) in [6.45, 7) is 10.7. The van der Waals surface area contributed by atoms with Crippen molar-refractivity contribution in [3.05, 3.63) is 0 Å². The van der Waals surface area contributed by atoms with Crippen molar-refractivity contribution < 1.29 is 5.11 Å². The molecule has 0 aromatic rings. The molecule has 0 bridgehead atoms. The second-order valence-electron chi connectivity index (χ2n) is 4.38. The molecule has 0 spiro atoms. The van der Waals surface area contributed by atoms with E-state index in [4.69, 9.17) is 0 Å². The Morgan fingerprint density at radius 3 is 2.33 bits per heavy atom. The Labute approximate surface area is 75.6 Å². The lowest BCUT2D eigenvalue weighted by Crippen LogP contribution is -2.35. The van der Waals surface area contributed by atoms with Crippen molar-refractivity contribution in [1.82, 2.24) is 4.90 Å². The summed E-state index contributed by atoms with van der Waals surface area (Å²) < 4.78 is 0. The van der Waals surface area contributed by atoms with E-state index in [2.05, 4.69) is 25.7 Å². The fraction of sp³-hybridized carbons (Fsp3) is 1.00. The number of nitrogens with zero attached hydrogens (tertiary/aromatic N) is 1. The van der Waals surface area contributed by atoms with Crippen LogP contribution < -0.4 is 0 Å². The van der Waals surface area contributed by atoms with Crippen LogP contribution in [0.2, 0.25) is 0 Å². The summed E-state index contributed by atoms with van der Waals surface area (Å²) in [7, 11) is 0. The molecule has 1 rings (SSSR count). The van der Waals surface area contributed by atoms with E-state index in [1.54, 1.807) is 0 Å². The highest BCUT2D eigenvalue weighted by atomic mass is 16.3. The molecule has 0 aromatic heterocycles. The molecule has 1 fully saturated rings. The zero-order chi connectivity index (χ0) is 9.30. The van der Waals surface area contributed by atoms with Crippen LogP contribution >= 0.6 is 0 Å². The normalized spacial score (nSPS) is 40.2. The first kappa shape index (κ1) is 10.0. The van der Waals surface area contributed by atoms with Crippen LogP contribution in [0, 0.1) is 11.8 Å². The van der Waals surface area contributed by atoms with Crippen molar-refractivity contribution in [2.45, 2.75) is 39.8 Å². The molecule has 2 heteroatoms. The lowest BCUT2D eigenvalue weighted by molar-refractivity contribution is 0.118. The van der Waals surface area contributed by atoms with Crippen molar-refractivity contribution in [3.8, 4) is 0 Å². The number of likely N-dealkylation sites (tertiary alicyclic amines) is 1. The number of aliphatic hydroxyl groups excluding tert-OH is 1. The first-order valence-corrected chi connectivity index (χ1v) is 4.94. The summed E-state index contributed by atoms with van der Waals surface area (Å²) in [6.07, 6.45) is -0.190. The fourth-order valence-corrected chi connectivity index (χ4v) is 2.09. The SMILES string of the molecule is CC1CN(C[C@H](C)O)C(C)C1C. The molecule has 12 heavy (non-hydrogen) atoms. The summed E-state index contributed by atoms with van der Waals surface area (Å²) in [6, 6.07) is 0.634. The second kappa shape index (κ2) is 3.75. The van der Waals surface area contributed by atoms with Crippen LogP contribution in [-0.4, -0.2) is 35.2 Å². The highest BCUT2D eigenvalue weighted by Crippen LogP contribution is 2.28. The average molecular weight is 171 g/mol. The van der Waals surface area contributed by atoms with Gasteiger partial charge in [-0.3, -0.25) is 4.90 Å². The van der Waals surface area contributed by atoms with E-state index in [0.717, 1.165) is 24.9 Å². The predicted octanol–water partition coefficient (Wildman–Crippen LogP) is 1.34. The van der Waals surface area contributed by atoms with Crippen LogP contribution in [0.25, 0.3) is 0 Å². The molecule has 3 unspecified atom stereocenters. The van der Waals surface area contributed by atoms with Gasteiger partial charge in [0.1, 0.15) is 0 Å². The molecule has 0 saturated carbocycles. The van der Waals surface area contributed by atoms with Crippen molar-refractivity contribution in [1.29, 1.82) is 0 Å². The van der Waals surface area contributed by atoms with E-state index in [0.29, 0.717) is 6.04 Å². The van der Waals surface area contributed by atoms with Gasteiger partial charge in [0.15, 0.2) is 0 Å². The van der Waals surface area contributed by atoms with Crippen molar-refractivity contribution in [3.63, 3.8) is 0 Å². The minimum Gasteiger partial charge on any atom is -0.392 e. The first-order chi connectivity index (χ1) is 5.52. The Kier molecular flexibility index (Phi) is 3.13. The van der Waals surface area contributed by atoms with Crippen LogP contribution in [0.5, 0.6) is 0 Å². The Bertz CT molecular complexity index is 145. The number of hydrogen-bond acceptors (Lipinski definition) is 2. The third kappa shape index (κ3) is 1.99. The van der Waals surface area contributed by atoms with Gasteiger partial charge in [-0.15, -0.1) is 0 Å². The largest absolute Gasteiger partial charge is 0.392 e. The van der Waals surface area contributed by atoms with Crippen molar-refractivity contribution in [2.24, 2.45) is 11.8 Å². The molecule has 1 saturated heterocycles. The van der Waals surface area contributed by atoms with Crippen molar-refractivity contribution in [2.75, 3.05) is 13.1 Å². The van der Waals surface area contributed by atoms with Gasteiger partial charge in [-0.1, -0.05) is 13.8 Å². The quantitative estimate of drug-likeness (QED) is 0.678. The summed E-state index contributed by atoms with van der Waals surface area (Å²) in [4.78, 5) is 2.39. The topological polar surface area (TPSA) is 23.5 Å². The van der Waals surface area contributed by atoms with Gasteiger partial charge in [-0.2, -0.15) is 0 Å². The standard InChI is InChI=1S/C10H21NO/c1-7-5-11(6-8(2)12)10(4)9(7)3/h7-10,12H,5-6H2,1-4H3/t7?,8-,9?,10?/m0/s1. The molecular formula is C10H21NO. The highest BCUT2D eigenvalue weighted by molar-refractivity contribution is 4.86. The molecule has 2 nitrogen and oxygen atoms in total. The predicted molar refractivity (Wildman–Crippen MR) is 51.0 cm³/mol. The van der Waals surface area contributed by atoms with Gasteiger partial charge in [0.05, 0.1) is 6.10 Å².